The van der Waals surface area contributed by atoms with Gasteiger partial charge >= 0.3 is 0 Å². The molecule has 1 aliphatic heterocycles. The molecule has 88 valence electrons. The average molecular weight is 254 g/mol. The highest BCUT2D eigenvalue weighted by Crippen LogP contribution is 2.16. The summed E-state index contributed by atoms with van der Waals surface area (Å²) < 4.78 is 0. The largest absolute Gasteiger partial charge is 0.351 e. The van der Waals surface area contributed by atoms with Crippen LogP contribution in [0.2, 0.25) is 0 Å². The summed E-state index contributed by atoms with van der Waals surface area (Å²) in [7, 11) is 0. The van der Waals surface area contributed by atoms with Gasteiger partial charge in [-0.1, -0.05) is 11.8 Å². The molecule has 7 heteroatoms. The third-order valence-corrected chi connectivity index (χ3v) is 2.83. The van der Waals surface area contributed by atoms with Gasteiger partial charge in [-0.25, -0.2) is 0 Å². The number of carbonyl (C=O) groups is 2. The number of thioether (sulfide) groups is 1. The first-order valence-corrected chi connectivity index (χ1v) is 5.53. The molecule has 0 spiro atoms. The van der Waals surface area contributed by atoms with Crippen LogP contribution < -0.4 is 11.1 Å². The molecule has 0 aromatic carbocycles. The summed E-state index contributed by atoms with van der Waals surface area (Å²) in [5.41, 5.74) is 5.36. The minimum Gasteiger partial charge on any atom is -0.351 e. The first-order valence-electron chi connectivity index (χ1n) is 4.54. The summed E-state index contributed by atoms with van der Waals surface area (Å²) in [6, 6.07) is -0.0344. The van der Waals surface area contributed by atoms with Crippen molar-refractivity contribution in [2.75, 3.05) is 25.4 Å². The van der Waals surface area contributed by atoms with Gasteiger partial charge in [0.25, 0.3) is 5.24 Å². The summed E-state index contributed by atoms with van der Waals surface area (Å²) in [5, 5.41) is 2.70. The predicted molar refractivity (Wildman–Crippen MR) is 63.3 cm³/mol. The van der Waals surface area contributed by atoms with E-state index in [-0.39, 0.29) is 36.1 Å². The molecule has 1 heterocycles. The Labute approximate surface area is 99.5 Å². The summed E-state index contributed by atoms with van der Waals surface area (Å²) in [6.07, 6.45) is 0. The maximum Gasteiger partial charge on any atom is 0.282 e. The lowest BCUT2D eigenvalue weighted by atomic mass is 10.3. The Morgan fingerprint density at radius 1 is 1.73 bits per heavy atom. The van der Waals surface area contributed by atoms with E-state index < -0.39 is 0 Å². The lowest BCUT2D eigenvalue weighted by Gasteiger charge is -2.16. The number of rotatable bonds is 4. The molecule has 0 radical (unpaired) electrons. The van der Waals surface area contributed by atoms with Crippen molar-refractivity contribution < 1.29 is 9.59 Å². The topological polar surface area (TPSA) is 75.4 Å². The number of halogens is 1. The zero-order valence-corrected chi connectivity index (χ0v) is 10.2. The van der Waals surface area contributed by atoms with Crippen molar-refractivity contribution in [2.24, 2.45) is 5.73 Å². The molecule has 1 fully saturated rings. The van der Waals surface area contributed by atoms with E-state index in [2.05, 4.69) is 5.32 Å². The number of nitrogens with two attached hydrogens (primary N) is 1. The van der Waals surface area contributed by atoms with Crippen LogP contribution in [0, 0.1) is 0 Å². The predicted octanol–water partition coefficient (Wildman–Crippen LogP) is 0.0404. The van der Waals surface area contributed by atoms with Gasteiger partial charge in [-0.05, 0) is 6.92 Å². The smallest absolute Gasteiger partial charge is 0.282 e. The lowest BCUT2D eigenvalue weighted by molar-refractivity contribution is -0.122. The summed E-state index contributed by atoms with van der Waals surface area (Å²) in [4.78, 5) is 24.0. The number of carbonyl (C=O) groups excluding carboxylic acids is 2. The second-order valence-electron chi connectivity index (χ2n) is 3.24. The van der Waals surface area contributed by atoms with Crippen molar-refractivity contribution in [1.82, 2.24) is 10.2 Å². The molecule has 0 bridgehead atoms. The molecule has 0 saturated carbocycles. The average Bonchev–Trinajstić information content (AvgIpc) is 2.51. The van der Waals surface area contributed by atoms with Crippen molar-refractivity contribution in [3.63, 3.8) is 0 Å². The first kappa shape index (κ1) is 14.5. The molecule has 0 unspecified atom stereocenters. The number of hydrogen-bond acceptors (Lipinski definition) is 4. The molecule has 0 aromatic heterocycles. The highest BCUT2D eigenvalue weighted by Gasteiger charge is 2.23. The quantitative estimate of drug-likeness (QED) is 0.742. The molecular formula is C8H16ClN3O2S. The molecule has 3 N–H and O–H groups in total. The van der Waals surface area contributed by atoms with Crippen LogP contribution in [0.3, 0.4) is 0 Å². The number of amides is 2. The van der Waals surface area contributed by atoms with Crippen molar-refractivity contribution in [1.29, 1.82) is 0 Å². The molecular weight excluding hydrogens is 238 g/mol. The molecule has 15 heavy (non-hydrogen) atoms. The van der Waals surface area contributed by atoms with Crippen LogP contribution in [0.4, 0.5) is 4.79 Å². The second kappa shape index (κ2) is 6.92. The maximum atomic E-state index is 11.3. The van der Waals surface area contributed by atoms with E-state index in [4.69, 9.17) is 5.73 Å². The summed E-state index contributed by atoms with van der Waals surface area (Å²) >= 11 is 1.25. The normalized spacial score (nSPS) is 17.2. The summed E-state index contributed by atoms with van der Waals surface area (Å²) in [5.74, 6) is 0.636. The first-order chi connectivity index (χ1) is 6.63. The van der Waals surface area contributed by atoms with Crippen LogP contribution in [0.5, 0.6) is 0 Å². The lowest BCUT2D eigenvalue weighted by Crippen LogP contribution is -2.43. The third-order valence-electron chi connectivity index (χ3n) is 1.94. The van der Waals surface area contributed by atoms with Crippen molar-refractivity contribution in [3.8, 4) is 0 Å². The van der Waals surface area contributed by atoms with Gasteiger partial charge in [0.05, 0.1) is 0 Å². The fourth-order valence-electron chi connectivity index (χ4n) is 1.12. The molecule has 1 saturated heterocycles. The molecule has 1 atom stereocenters. The third kappa shape index (κ3) is 4.72. The van der Waals surface area contributed by atoms with Crippen LogP contribution >= 0.6 is 24.2 Å². The van der Waals surface area contributed by atoms with E-state index in [1.165, 1.54) is 11.8 Å². The SMILES string of the molecule is C[C@H](CN)NC(=O)CN1CCSC1=O.Cl. The van der Waals surface area contributed by atoms with Gasteiger partial charge in [0.2, 0.25) is 5.91 Å². The van der Waals surface area contributed by atoms with Crippen LogP contribution in [-0.2, 0) is 4.79 Å². The van der Waals surface area contributed by atoms with Crippen molar-refractivity contribution in [2.45, 2.75) is 13.0 Å². The van der Waals surface area contributed by atoms with E-state index in [1.807, 2.05) is 6.92 Å². The van der Waals surface area contributed by atoms with Gasteiger partial charge < -0.3 is 16.0 Å². The van der Waals surface area contributed by atoms with Crippen LogP contribution in [0.25, 0.3) is 0 Å². The summed E-state index contributed by atoms with van der Waals surface area (Å²) in [6.45, 7) is 3.05. The van der Waals surface area contributed by atoms with E-state index in [1.54, 1.807) is 4.90 Å². The number of nitrogens with zero attached hydrogens (tertiary/aromatic N) is 1. The van der Waals surface area contributed by atoms with Gasteiger partial charge in [-0.15, -0.1) is 12.4 Å². The van der Waals surface area contributed by atoms with E-state index in [0.717, 1.165) is 5.75 Å². The van der Waals surface area contributed by atoms with Gasteiger partial charge in [0, 0.05) is 24.9 Å². The fraction of sp³-hybridized carbons (Fsp3) is 0.750. The Bertz CT molecular complexity index is 240. The Kier molecular flexibility index (Phi) is 6.71. The van der Waals surface area contributed by atoms with Gasteiger partial charge in [0.1, 0.15) is 6.54 Å². The Morgan fingerprint density at radius 3 is 2.87 bits per heavy atom. The minimum atomic E-state index is -0.140. The molecule has 0 aliphatic carbocycles. The Morgan fingerprint density at radius 2 is 2.40 bits per heavy atom. The van der Waals surface area contributed by atoms with E-state index in [9.17, 15) is 9.59 Å². The van der Waals surface area contributed by atoms with Gasteiger partial charge in [0.15, 0.2) is 0 Å². The molecule has 1 aliphatic rings. The van der Waals surface area contributed by atoms with E-state index in [0.29, 0.717) is 13.1 Å². The highest BCUT2D eigenvalue weighted by molar-refractivity contribution is 8.13. The van der Waals surface area contributed by atoms with E-state index >= 15 is 0 Å². The Balaban J connectivity index is 0.00000196. The van der Waals surface area contributed by atoms with Gasteiger partial charge in [-0.2, -0.15) is 0 Å². The maximum absolute atomic E-state index is 11.3. The molecule has 1 rings (SSSR count). The molecule has 5 nitrogen and oxygen atoms in total. The zero-order valence-electron chi connectivity index (χ0n) is 8.56. The van der Waals surface area contributed by atoms with Gasteiger partial charge in [-0.3, -0.25) is 9.59 Å². The Hall–Kier alpha value is -0.460. The monoisotopic (exact) mass is 253 g/mol. The molecule has 2 amide bonds. The minimum absolute atomic E-state index is 0. The second-order valence-corrected chi connectivity index (χ2v) is 4.29. The van der Waals surface area contributed by atoms with Crippen molar-refractivity contribution >= 4 is 35.3 Å². The fourth-order valence-corrected chi connectivity index (χ4v) is 1.95. The zero-order chi connectivity index (χ0) is 10.6. The number of hydrogen-bond donors (Lipinski definition) is 2. The molecule has 0 aromatic rings. The van der Waals surface area contributed by atoms with Crippen LogP contribution in [-0.4, -0.2) is 47.5 Å². The van der Waals surface area contributed by atoms with Crippen molar-refractivity contribution in [3.05, 3.63) is 0 Å². The van der Waals surface area contributed by atoms with Crippen LogP contribution in [0.1, 0.15) is 6.92 Å². The van der Waals surface area contributed by atoms with Crippen LogP contribution in [0.15, 0.2) is 0 Å². The highest BCUT2D eigenvalue weighted by atomic mass is 35.5. The number of nitrogens with one attached hydrogen (secondary N) is 1. The standard InChI is InChI=1S/C8H15N3O2S.ClH/c1-6(4-9)10-7(12)5-11-2-3-14-8(11)13;/h6H,2-5,9H2,1H3,(H,10,12);1H/t6-;/m1./s1.